The lowest BCUT2D eigenvalue weighted by atomic mass is 9.94. The van der Waals surface area contributed by atoms with Gasteiger partial charge in [-0.3, -0.25) is 4.79 Å². The fourth-order valence-electron chi connectivity index (χ4n) is 4.87. The van der Waals surface area contributed by atoms with Gasteiger partial charge in [-0.05, 0) is 90.6 Å². The van der Waals surface area contributed by atoms with Gasteiger partial charge in [0.1, 0.15) is 18.5 Å². The lowest BCUT2D eigenvalue weighted by Gasteiger charge is -2.29. The molecule has 1 aliphatic heterocycles. The number of thioether (sulfide) groups is 1. The molecular formula is C32H32BrClFN5O3S. The average Bonchev–Trinajstić information content (AvgIpc) is 3.38. The van der Waals surface area contributed by atoms with Crippen LogP contribution in [0.2, 0.25) is 5.02 Å². The Morgan fingerprint density at radius 1 is 1.16 bits per heavy atom. The van der Waals surface area contributed by atoms with E-state index in [4.69, 9.17) is 31.2 Å². The van der Waals surface area contributed by atoms with Gasteiger partial charge in [-0.25, -0.2) is 9.07 Å². The molecule has 12 heteroatoms. The van der Waals surface area contributed by atoms with Crippen LogP contribution in [0.15, 0.2) is 75.5 Å². The zero-order chi connectivity index (χ0) is 31.4. The van der Waals surface area contributed by atoms with Crippen LogP contribution in [0, 0.1) is 12.7 Å². The Kier molecular flexibility index (Phi) is 10.2. The molecule has 8 nitrogen and oxygen atoms in total. The summed E-state index contributed by atoms with van der Waals surface area (Å²) in [4.78, 5) is 18.7. The number of halogens is 3. The first kappa shape index (κ1) is 31.9. The van der Waals surface area contributed by atoms with E-state index in [1.165, 1.54) is 6.07 Å². The molecule has 0 bridgehead atoms. The van der Waals surface area contributed by atoms with Gasteiger partial charge >= 0.3 is 0 Å². The summed E-state index contributed by atoms with van der Waals surface area (Å²) in [6.07, 6.45) is 0.969. The van der Waals surface area contributed by atoms with E-state index in [0.717, 1.165) is 17.7 Å². The molecule has 1 unspecified atom stereocenters. The maximum atomic E-state index is 14.5. The number of nitrogens with one attached hydrogen (secondary N) is 2. The van der Waals surface area contributed by atoms with Crippen LogP contribution in [0.5, 0.6) is 11.5 Å². The molecular weight excluding hydrogens is 669 g/mol. The van der Waals surface area contributed by atoms with Gasteiger partial charge in [0.25, 0.3) is 5.91 Å². The number of amides is 1. The summed E-state index contributed by atoms with van der Waals surface area (Å²) in [6, 6.07) is 15.2. The van der Waals surface area contributed by atoms with Crippen molar-refractivity contribution in [1.29, 1.82) is 0 Å². The predicted molar refractivity (Wildman–Crippen MR) is 176 cm³/mol. The Labute approximate surface area is 273 Å². The zero-order valence-electron chi connectivity index (χ0n) is 24.7. The van der Waals surface area contributed by atoms with E-state index in [0.29, 0.717) is 56.2 Å². The average molecular weight is 701 g/mol. The van der Waals surface area contributed by atoms with Crippen molar-refractivity contribution in [3.63, 3.8) is 0 Å². The lowest BCUT2D eigenvalue weighted by molar-refractivity contribution is -0.113. The fraction of sp³-hybridized carbons (Fsp3) is 0.281. The minimum absolute atomic E-state index is 0.106. The Hall–Kier alpha value is -3.54. The van der Waals surface area contributed by atoms with E-state index >= 15 is 0 Å². The number of rotatable bonds is 11. The molecule has 5 rings (SSSR count). The molecule has 0 radical (unpaired) electrons. The number of fused-ring (bicyclic) bond motifs is 1. The highest BCUT2D eigenvalue weighted by atomic mass is 79.9. The molecule has 0 aliphatic carbocycles. The smallest absolute Gasteiger partial charge is 0.255 e. The number of aromatic nitrogens is 3. The van der Waals surface area contributed by atoms with Gasteiger partial charge in [-0.15, -0.1) is 5.10 Å². The number of carbonyl (C=O) groups is 1. The van der Waals surface area contributed by atoms with E-state index in [-0.39, 0.29) is 23.1 Å². The van der Waals surface area contributed by atoms with E-state index in [2.05, 4.69) is 33.5 Å². The van der Waals surface area contributed by atoms with Crippen LogP contribution in [0.25, 0.3) is 0 Å². The molecule has 1 amide bonds. The molecule has 0 saturated heterocycles. The van der Waals surface area contributed by atoms with Crippen molar-refractivity contribution in [1.82, 2.24) is 14.8 Å². The molecule has 44 heavy (non-hydrogen) atoms. The summed E-state index contributed by atoms with van der Waals surface area (Å²) < 4.78 is 28.9. The van der Waals surface area contributed by atoms with Crippen LogP contribution >= 0.6 is 39.3 Å². The number of anilines is 2. The molecule has 2 heterocycles. The van der Waals surface area contributed by atoms with Gasteiger partial charge in [-0.2, -0.15) is 4.98 Å². The van der Waals surface area contributed by atoms with Crippen molar-refractivity contribution in [3.8, 4) is 11.5 Å². The second-order valence-electron chi connectivity index (χ2n) is 10.2. The lowest BCUT2D eigenvalue weighted by Crippen LogP contribution is -2.31. The van der Waals surface area contributed by atoms with Crippen LogP contribution in [0.3, 0.4) is 0 Å². The molecule has 1 aromatic heterocycles. The summed E-state index contributed by atoms with van der Waals surface area (Å²) in [5, 5.41) is 12.0. The van der Waals surface area contributed by atoms with E-state index < -0.39 is 11.9 Å². The molecule has 1 atom stereocenters. The van der Waals surface area contributed by atoms with Crippen molar-refractivity contribution < 1.29 is 18.7 Å². The monoisotopic (exact) mass is 699 g/mol. The topological polar surface area (TPSA) is 90.3 Å². The molecule has 2 N–H and O–H groups in total. The summed E-state index contributed by atoms with van der Waals surface area (Å²) >= 11 is 11.4. The molecule has 4 aromatic rings. The van der Waals surface area contributed by atoms with Crippen molar-refractivity contribution in [2.75, 3.05) is 23.0 Å². The Balaban J connectivity index is 1.58. The summed E-state index contributed by atoms with van der Waals surface area (Å²) in [5.74, 6) is 1.45. The third kappa shape index (κ3) is 6.90. The first-order chi connectivity index (χ1) is 21.2. The number of benzene rings is 3. The maximum absolute atomic E-state index is 14.5. The highest BCUT2D eigenvalue weighted by molar-refractivity contribution is 9.10. The zero-order valence-corrected chi connectivity index (χ0v) is 27.9. The highest BCUT2D eigenvalue weighted by Crippen LogP contribution is 2.44. The van der Waals surface area contributed by atoms with Crippen molar-refractivity contribution in [3.05, 3.63) is 97.9 Å². The third-order valence-electron chi connectivity index (χ3n) is 6.86. The van der Waals surface area contributed by atoms with E-state index in [9.17, 15) is 9.18 Å². The molecule has 0 spiro atoms. The van der Waals surface area contributed by atoms with Gasteiger partial charge in [0.2, 0.25) is 11.1 Å². The van der Waals surface area contributed by atoms with Crippen molar-refractivity contribution >= 4 is 56.8 Å². The van der Waals surface area contributed by atoms with Gasteiger partial charge in [0, 0.05) is 22.7 Å². The van der Waals surface area contributed by atoms with E-state index in [1.807, 2.05) is 57.2 Å². The van der Waals surface area contributed by atoms with Crippen LogP contribution in [0.4, 0.5) is 16.0 Å². The number of hydrogen-bond acceptors (Lipinski definition) is 7. The molecule has 230 valence electrons. The van der Waals surface area contributed by atoms with Gasteiger partial charge in [0.15, 0.2) is 11.5 Å². The summed E-state index contributed by atoms with van der Waals surface area (Å²) in [5.41, 5.74) is 3.78. The van der Waals surface area contributed by atoms with E-state index in [1.54, 1.807) is 28.6 Å². The van der Waals surface area contributed by atoms with Gasteiger partial charge in [-0.1, -0.05) is 48.5 Å². The Morgan fingerprint density at radius 3 is 2.68 bits per heavy atom. The minimum atomic E-state index is -0.648. The first-order valence-electron chi connectivity index (χ1n) is 14.2. The maximum Gasteiger partial charge on any atom is 0.255 e. The first-order valence-corrected chi connectivity index (χ1v) is 16.3. The van der Waals surface area contributed by atoms with Crippen LogP contribution < -0.4 is 20.1 Å². The number of carbonyl (C=O) groups excluding carboxylic acids is 1. The molecule has 1 aliphatic rings. The minimum Gasteiger partial charge on any atom is -0.490 e. The SMILES string of the molecule is CCCSc1nc2n(n1)C(c1cc(Br)c(OCc3c(F)cccc3Cl)c(OCC)c1)C(C(=O)Nc1cccc(C)c1)=C(C)N2. The molecule has 0 fully saturated rings. The van der Waals surface area contributed by atoms with Gasteiger partial charge in [0.05, 0.1) is 21.7 Å². The van der Waals surface area contributed by atoms with Crippen molar-refractivity contribution in [2.24, 2.45) is 0 Å². The van der Waals surface area contributed by atoms with Crippen LogP contribution in [-0.4, -0.2) is 33.0 Å². The normalized spacial score (nSPS) is 14.2. The largest absolute Gasteiger partial charge is 0.490 e. The standard InChI is InChI=1S/C32H32BrClFN5O3S/c1-5-13-44-32-38-31-36-19(4)27(30(41)37-21-10-7-9-18(3)14-21)28(40(31)39-32)20-15-23(33)29(26(16-20)42-6-2)43-17-22-24(34)11-8-12-25(22)35/h7-12,14-16,28H,5-6,13,17H2,1-4H3,(H,37,41)(H,36,38,39). The number of allylic oxidation sites excluding steroid dienone is 1. The number of aryl methyl sites for hydroxylation is 1. The highest BCUT2D eigenvalue weighted by Gasteiger charge is 2.35. The summed E-state index contributed by atoms with van der Waals surface area (Å²) in [6.45, 7) is 8.02. The second kappa shape index (κ2) is 14.0. The fourth-order valence-corrected chi connectivity index (χ4v) is 6.35. The Bertz CT molecular complexity index is 1710. The quantitative estimate of drug-likeness (QED) is 0.152. The van der Waals surface area contributed by atoms with Gasteiger partial charge < -0.3 is 20.1 Å². The number of ether oxygens (including phenoxy) is 2. The summed E-state index contributed by atoms with van der Waals surface area (Å²) in [7, 11) is 0. The third-order valence-corrected chi connectivity index (χ3v) is 8.85. The molecule has 0 saturated carbocycles. The second-order valence-corrected chi connectivity index (χ2v) is 12.5. The van der Waals surface area contributed by atoms with Crippen LogP contribution in [0.1, 0.15) is 49.9 Å². The molecule has 3 aromatic carbocycles. The van der Waals surface area contributed by atoms with Crippen LogP contribution in [-0.2, 0) is 11.4 Å². The predicted octanol–water partition coefficient (Wildman–Crippen LogP) is 8.55. The Morgan fingerprint density at radius 2 is 1.95 bits per heavy atom. The number of hydrogen-bond donors (Lipinski definition) is 2. The number of nitrogens with zero attached hydrogens (tertiary/aromatic N) is 3. The van der Waals surface area contributed by atoms with Crippen molar-refractivity contribution in [2.45, 2.75) is 51.9 Å².